The van der Waals surface area contributed by atoms with Crippen molar-refractivity contribution in [2.75, 3.05) is 12.4 Å². The second kappa shape index (κ2) is 15.2. The van der Waals surface area contributed by atoms with Gasteiger partial charge in [-0.05, 0) is 71.1 Å². The van der Waals surface area contributed by atoms with Crippen molar-refractivity contribution in [3.05, 3.63) is 135 Å². The molecule has 0 saturated carbocycles. The Morgan fingerprint density at radius 3 is 2.31 bits per heavy atom. The van der Waals surface area contributed by atoms with Crippen molar-refractivity contribution in [3.63, 3.8) is 0 Å². The summed E-state index contributed by atoms with van der Waals surface area (Å²) in [6, 6.07) is 11.2. The third kappa shape index (κ3) is 9.02. The lowest BCUT2D eigenvalue weighted by Crippen LogP contribution is -2.27. The van der Waals surface area contributed by atoms with Crippen molar-refractivity contribution >= 4 is 45.4 Å². The highest BCUT2D eigenvalue weighted by Gasteiger charge is 2.36. The summed E-state index contributed by atoms with van der Waals surface area (Å²) in [6.07, 6.45) is 1.31. The van der Waals surface area contributed by atoms with E-state index in [9.17, 15) is 31.9 Å². The first-order chi connectivity index (χ1) is 21.3. The number of allylic oxidation sites excluding steroid dienone is 4. The van der Waals surface area contributed by atoms with Crippen LogP contribution >= 0.6 is 15.9 Å². The summed E-state index contributed by atoms with van der Waals surface area (Å²) in [5.41, 5.74) is -0.872. The smallest absolute Gasteiger partial charge is 0.417 e. The number of hydrogen-bond donors (Lipinski definition) is 3. The monoisotopic (exact) mass is 685 g/mol. The van der Waals surface area contributed by atoms with Crippen LogP contribution in [0.1, 0.15) is 54.7 Å². The number of ether oxygens (including phenoxy) is 1. The molecule has 0 fully saturated rings. The van der Waals surface area contributed by atoms with Gasteiger partial charge in [0, 0.05) is 23.5 Å². The fraction of sp³-hybridized carbons (Fsp3) is 0.121. The van der Waals surface area contributed by atoms with Crippen LogP contribution in [0.25, 0.3) is 6.08 Å². The SMILES string of the molecule is C=C/C(=C\C=C(/C)Br)NC(=O)c1cc(NC(=O)c2cc(CNC(=O)c3c(F)cccc3C(F)(F)F)ccc2C=C)ccc1OC. The van der Waals surface area contributed by atoms with Crippen molar-refractivity contribution in [3.8, 4) is 5.75 Å². The van der Waals surface area contributed by atoms with Crippen molar-refractivity contribution < 1.29 is 36.7 Å². The maximum absolute atomic E-state index is 14.2. The zero-order valence-corrected chi connectivity index (χ0v) is 25.7. The molecule has 0 aliphatic carbocycles. The average molecular weight is 687 g/mol. The van der Waals surface area contributed by atoms with Crippen molar-refractivity contribution in [1.29, 1.82) is 0 Å². The predicted octanol–water partition coefficient (Wildman–Crippen LogP) is 7.78. The van der Waals surface area contributed by atoms with Gasteiger partial charge in [0.25, 0.3) is 17.7 Å². The molecule has 0 atom stereocenters. The molecule has 0 saturated heterocycles. The van der Waals surface area contributed by atoms with Gasteiger partial charge < -0.3 is 20.7 Å². The molecule has 3 amide bonds. The third-order valence-electron chi connectivity index (χ3n) is 6.25. The summed E-state index contributed by atoms with van der Waals surface area (Å²) in [5.74, 6) is -3.47. The fourth-order valence-corrected chi connectivity index (χ4v) is 4.21. The van der Waals surface area contributed by atoms with E-state index in [1.54, 1.807) is 12.2 Å². The minimum absolute atomic E-state index is 0.120. The lowest BCUT2D eigenvalue weighted by Gasteiger charge is -2.15. The number of hydrogen-bond acceptors (Lipinski definition) is 4. The van der Waals surface area contributed by atoms with Gasteiger partial charge >= 0.3 is 6.18 Å². The molecule has 3 aromatic carbocycles. The number of nitrogens with one attached hydrogen (secondary N) is 3. The number of halogens is 5. The number of alkyl halides is 3. The van der Waals surface area contributed by atoms with Crippen molar-refractivity contribution in [1.82, 2.24) is 10.6 Å². The highest BCUT2D eigenvalue weighted by atomic mass is 79.9. The van der Waals surface area contributed by atoms with Crippen LogP contribution in [-0.2, 0) is 12.7 Å². The van der Waals surface area contributed by atoms with Gasteiger partial charge in [-0.3, -0.25) is 14.4 Å². The molecule has 3 rings (SSSR count). The van der Waals surface area contributed by atoms with E-state index in [-0.39, 0.29) is 29.1 Å². The van der Waals surface area contributed by atoms with Gasteiger partial charge in [0.1, 0.15) is 11.6 Å². The number of amides is 3. The van der Waals surface area contributed by atoms with E-state index < -0.39 is 40.8 Å². The molecule has 234 valence electrons. The second-order valence-electron chi connectivity index (χ2n) is 9.37. The molecular formula is C33H28BrF4N3O4. The van der Waals surface area contributed by atoms with Crippen LogP contribution in [0, 0.1) is 5.82 Å². The lowest BCUT2D eigenvalue weighted by atomic mass is 10.0. The van der Waals surface area contributed by atoms with Gasteiger partial charge in [0.15, 0.2) is 0 Å². The first-order valence-corrected chi connectivity index (χ1v) is 13.9. The summed E-state index contributed by atoms with van der Waals surface area (Å²) in [6.45, 7) is 8.90. The minimum Gasteiger partial charge on any atom is -0.496 e. The quantitative estimate of drug-likeness (QED) is 0.142. The summed E-state index contributed by atoms with van der Waals surface area (Å²) in [5, 5.41) is 7.69. The van der Waals surface area contributed by atoms with Gasteiger partial charge in [-0.15, -0.1) is 0 Å². The number of carbonyl (C=O) groups is 3. The van der Waals surface area contributed by atoms with Crippen molar-refractivity contribution in [2.24, 2.45) is 0 Å². The third-order valence-corrected chi connectivity index (χ3v) is 6.52. The van der Waals surface area contributed by atoms with E-state index in [1.807, 2.05) is 6.92 Å². The van der Waals surface area contributed by atoms with Crippen LogP contribution in [-0.4, -0.2) is 24.8 Å². The summed E-state index contributed by atoms with van der Waals surface area (Å²) in [7, 11) is 1.39. The average Bonchev–Trinajstić information content (AvgIpc) is 3.00. The molecule has 12 heteroatoms. The Morgan fingerprint density at radius 1 is 0.956 bits per heavy atom. The Hall–Kier alpha value is -4.97. The predicted molar refractivity (Wildman–Crippen MR) is 168 cm³/mol. The van der Waals surface area contributed by atoms with E-state index in [4.69, 9.17) is 4.74 Å². The first-order valence-electron chi connectivity index (χ1n) is 13.2. The molecule has 7 nitrogen and oxygen atoms in total. The molecule has 0 bridgehead atoms. The molecule has 0 aromatic heterocycles. The molecule has 3 aromatic rings. The Morgan fingerprint density at radius 2 is 1.69 bits per heavy atom. The molecular weight excluding hydrogens is 658 g/mol. The van der Waals surface area contributed by atoms with Gasteiger partial charge in [-0.2, -0.15) is 13.2 Å². The standard InChI is InChI=1S/C33H28BrF4N3O4/c1-5-21-12-11-20(18-39-32(44)29-26(33(36,37)38)8-7-9-27(29)35)16-24(21)30(42)41-23-14-15-28(45-4)25(17-23)31(43)40-22(6-2)13-10-19(3)34/h5-17H,1-2,18H2,3-4H3,(H,39,44)(H,40,43)(H,41,42)/b19-10+,22-13+. The van der Waals surface area contributed by atoms with Crippen LogP contribution in [0.4, 0.5) is 23.2 Å². The number of anilines is 1. The largest absolute Gasteiger partial charge is 0.496 e. The van der Waals surface area contributed by atoms with Gasteiger partial charge in [0.05, 0.1) is 23.8 Å². The van der Waals surface area contributed by atoms with Crippen molar-refractivity contribution in [2.45, 2.75) is 19.6 Å². The van der Waals surface area contributed by atoms with E-state index in [2.05, 4.69) is 45.0 Å². The van der Waals surface area contributed by atoms with Crippen LogP contribution in [0.3, 0.4) is 0 Å². The molecule has 3 N–H and O–H groups in total. The zero-order chi connectivity index (χ0) is 33.3. The fourth-order valence-electron chi connectivity index (χ4n) is 4.08. The number of methoxy groups -OCH3 is 1. The maximum atomic E-state index is 14.2. The molecule has 0 heterocycles. The van der Waals surface area contributed by atoms with Gasteiger partial charge in [0.2, 0.25) is 0 Å². The highest BCUT2D eigenvalue weighted by molar-refractivity contribution is 9.11. The van der Waals surface area contributed by atoms with E-state index in [0.29, 0.717) is 22.9 Å². The molecule has 0 radical (unpaired) electrons. The summed E-state index contributed by atoms with van der Waals surface area (Å²) in [4.78, 5) is 39.0. The normalized spacial score (nSPS) is 11.8. The Bertz CT molecular complexity index is 1710. The van der Waals surface area contributed by atoms with E-state index in [0.717, 1.165) is 16.6 Å². The second-order valence-corrected chi connectivity index (χ2v) is 10.6. The molecule has 0 aliphatic rings. The Labute approximate surface area is 265 Å². The van der Waals surface area contributed by atoms with E-state index >= 15 is 0 Å². The molecule has 45 heavy (non-hydrogen) atoms. The van der Waals surface area contributed by atoms with Crippen LogP contribution in [0.5, 0.6) is 5.75 Å². The topological polar surface area (TPSA) is 96.5 Å². The van der Waals surface area contributed by atoms with Crippen LogP contribution in [0.2, 0.25) is 0 Å². The summed E-state index contributed by atoms with van der Waals surface area (Å²) < 4.78 is 60.4. The number of benzene rings is 3. The molecule has 0 spiro atoms. The van der Waals surface area contributed by atoms with Gasteiger partial charge in [-0.25, -0.2) is 4.39 Å². The Kier molecular flexibility index (Phi) is 11.6. The zero-order valence-electron chi connectivity index (χ0n) is 24.1. The summed E-state index contributed by atoms with van der Waals surface area (Å²) >= 11 is 3.30. The van der Waals surface area contributed by atoms with Crippen LogP contribution < -0.4 is 20.7 Å². The minimum atomic E-state index is -4.94. The number of carbonyl (C=O) groups excluding carboxylic acids is 3. The van der Waals surface area contributed by atoms with E-state index in [1.165, 1.54) is 55.7 Å². The molecule has 0 aliphatic heterocycles. The first kappa shape index (κ1) is 34.5. The van der Waals surface area contributed by atoms with Gasteiger partial charge in [-0.1, -0.05) is 59.4 Å². The highest BCUT2D eigenvalue weighted by Crippen LogP contribution is 2.33. The lowest BCUT2D eigenvalue weighted by molar-refractivity contribution is -0.138. The van der Waals surface area contributed by atoms with Crippen LogP contribution in [0.15, 0.2) is 96.2 Å². The molecule has 0 unspecified atom stereocenters. The Balaban J connectivity index is 1.84. The maximum Gasteiger partial charge on any atom is 0.417 e. The number of rotatable bonds is 11.